The van der Waals surface area contributed by atoms with Crippen LogP contribution >= 0.6 is 0 Å². The van der Waals surface area contributed by atoms with Crippen molar-refractivity contribution >= 4 is 5.91 Å². The first-order valence-corrected chi connectivity index (χ1v) is 6.92. The Morgan fingerprint density at radius 1 is 1.48 bits per heavy atom. The third kappa shape index (κ3) is 2.54. The number of hydrogen-bond donors (Lipinski definition) is 1. The fourth-order valence-electron chi connectivity index (χ4n) is 2.70. The van der Waals surface area contributed by atoms with Crippen molar-refractivity contribution in [1.29, 1.82) is 0 Å². The second-order valence-corrected chi connectivity index (χ2v) is 5.09. The highest BCUT2D eigenvalue weighted by atomic mass is 19.1. The highest BCUT2D eigenvalue weighted by molar-refractivity contribution is 5.94. The molecule has 110 valence electrons. The second kappa shape index (κ2) is 5.65. The fraction of sp³-hybridized carbons (Fsp3) is 0.333. The van der Waals surface area contributed by atoms with Gasteiger partial charge in [0.25, 0.3) is 5.91 Å². The van der Waals surface area contributed by atoms with Crippen LogP contribution in [0, 0.1) is 5.82 Å². The van der Waals surface area contributed by atoms with Gasteiger partial charge < -0.3 is 10.0 Å². The van der Waals surface area contributed by atoms with Crippen LogP contribution in [0.5, 0.6) is 0 Å². The van der Waals surface area contributed by atoms with E-state index in [9.17, 15) is 14.3 Å². The molecular formula is C15H16FN3O2. The number of aliphatic hydroxyl groups excluding tert-OH is 1. The summed E-state index contributed by atoms with van der Waals surface area (Å²) in [6, 6.07) is 5.90. The zero-order chi connectivity index (χ0) is 14.8. The van der Waals surface area contributed by atoms with Gasteiger partial charge in [-0.05, 0) is 37.1 Å². The van der Waals surface area contributed by atoms with E-state index in [2.05, 4.69) is 5.10 Å². The van der Waals surface area contributed by atoms with E-state index in [0.29, 0.717) is 17.8 Å². The molecule has 1 saturated heterocycles. The maximum atomic E-state index is 14.2. The first-order chi connectivity index (χ1) is 10.2. The third-order valence-corrected chi connectivity index (χ3v) is 3.79. The molecular weight excluding hydrogens is 273 g/mol. The van der Waals surface area contributed by atoms with Crippen LogP contribution in [0.2, 0.25) is 0 Å². The number of hydrogen-bond acceptors (Lipinski definition) is 3. The van der Waals surface area contributed by atoms with Crippen LogP contribution in [0.4, 0.5) is 4.39 Å². The van der Waals surface area contributed by atoms with Crippen molar-refractivity contribution in [1.82, 2.24) is 14.7 Å². The van der Waals surface area contributed by atoms with Crippen LogP contribution < -0.4 is 0 Å². The smallest absolute Gasteiger partial charge is 0.254 e. The van der Waals surface area contributed by atoms with Crippen molar-refractivity contribution in [2.75, 3.05) is 13.2 Å². The summed E-state index contributed by atoms with van der Waals surface area (Å²) in [6.45, 7) is 0.548. The van der Waals surface area contributed by atoms with E-state index in [0.717, 1.165) is 12.8 Å². The van der Waals surface area contributed by atoms with Crippen molar-refractivity contribution in [2.45, 2.75) is 18.9 Å². The number of halogens is 1. The van der Waals surface area contributed by atoms with Gasteiger partial charge in [0, 0.05) is 24.5 Å². The molecule has 0 radical (unpaired) electrons. The molecule has 1 atom stereocenters. The predicted molar refractivity (Wildman–Crippen MR) is 74.7 cm³/mol. The Labute approximate surface area is 121 Å². The summed E-state index contributed by atoms with van der Waals surface area (Å²) in [5.41, 5.74) is 0.598. The Balaban J connectivity index is 1.87. The van der Waals surface area contributed by atoms with Gasteiger partial charge >= 0.3 is 0 Å². The molecule has 1 aliphatic rings. The average Bonchev–Trinajstić information content (AvgIpc) is 3.17. The molecule has 1 amide bonds. The van der Waals surface area contributed by atoms with Gasteiger partial charge in [0.1, 0.15) is 11.5 Å². The van der Waals surface area contributed by atoms with Gasteiger partial charge in [-0.1, -0.05) is 0 Å². The number of carbonyl (C=O) groups excluding carboxylic acids is 1. The fourth-order valence-corrected chi connectivity index (χ4v) is 2.70. The van der Waals surface area contributed by atoms with Gasteiger partial charge in [-0.2, -0.15) is 5.10 Å². The van der Waals surface area contributed by atoms with Crippen molar-refractivity contribution in [2.24, 2.45) is 0 Å². The van der Waals surface area contributed by atoms with E-state index >= 15 is 0 Å². The minimum absolute atomic E-state index is 0.0560. The van der Waals surface area contributed by atoms with Crippen LogP contribution in [-0.2, 0) is 0 Å². The predicted octanol–water partition coefficient (Wildman–Crippen LogP) is 1.61. The zero-order valence-electron chi connectivity index (χ0n) is 11.4. The molecule has 1 aromatic heterocycles. The van der Waals surface area contributed by atoms with Gasteiger partial charge in [0.15, 0.2) is 0 Å². The van der Waals surface area contributed by atoms with Gasteiger partial charge in [0.2, 0.25) is 0 Å². The Bertz CT molecular complexity index is 642. The number of benzene rings is 1. The molecule has 0 bridgehead atoms. The Hall–Kier alpha value is -2.21. The summed E-state index contributed by atoms with van der Waals surface area (Å²) in [4.78, 5) is 14.0. The summed E-state index contributed by atoms with van der Waals surface area (Å²) in [5.74, 6) is -0.734. The van der Waals surface area contributed by atoms with Gasteiger partial charge in [-0.25, -0.2) is 9.07 Å². The normalized spacial score (nSPS) is 18.2. The molecule has 6 heteroatoms. The SMILES string of the molecule is O=C(c1ccc(-n2cccn2)c(F)c1)N1CCC[C@H]1CO. The molecule has 0 saturated carbocycles. The van der Waals surface area contributed by atoms with E-state index in [4.69, 9.17) is 0 Å². The van der Waals surface area contributed by atoms with Crippen LogP contribution in [0.1, 0.15) is 23.2 Å². The topological polar surface area (TPSA) is 58.4 Å². The van der Waals surface area contributed by atoms with Crippen LogP contribution in [-0.4, -0.2) is 44.9 Å². The maximum Gasteiger partial charge on any atom is 0.254 e. The van der Waals surface area contributed by atoms with E-state index in [1.165, 1.54) is 10.7 Å². The largest absolute Gasteiger partial charge is 0.394 e. The van der Waals surface area contributed by atoms with Crippen molar-refractivity contribution in [3.8, 4) is 5.69 Å². The molecule has 1 fully saturated rings. The lowest BCUT2D eigenvalue weighted by Gasteiger charge is -2.23. The number of amides is 1. The number of carbonyl (C=O) groups is 1. The van der Waals surface area contributed by atoms with Crippen LogP contribution in [0.25, 0.3) is 5.69 Å². The molecule has 0 unspecified atom stereocenters. The maximum absolute atomic E-state index is 14.2. The van der Waals surface area contributed by atoms with E-state index in [1.807, 2.05) is 0 Å². The summed E-state index contributed by atoms with van der Waals surface area (Å²) < 4.78 is 15.6. The van der Waals surface area contributed by atoms with Crippen molar-refractivity contribution in [3.05, 3.63) is 48.0 Å². The monoisotopic (exact) mass is 289 g/mol. The molecule has 1 N–H and O–H groups in total. The average molecular weight is 289 g/mol. The van der Waals surface area contributed by atoms with Crippen molar-refractivity contribution < 1.29 is 14.3 Å². The van der Waals surface area contributed by atoms with E-state index in [1.54, 1.807) is 35.5 Å². The highest BCUT2D eigenvalue weighted by Gasteiger charge is 2.29. The number of rotatable bonds is 3. The minimum atomic E-state index is -0.496. The van der Waals surface area contributed by atoms with Crippen molar-refractivity contribution in [3.63, 3.8) is 0 Å². The second-order valence-electron chi connectivity index (χ2n) is 5.09. The lowest BCUT2D eigenvalue weighted by atomic mass is 10.1. The Morgan fingerprint density at radius 2 is 2.33 bits per heavy atom. The van der Waals surface area contributed by atoms with Crippen LogP contribution in [0.15, 0.2) is 36.7 Å². The van der Waals surface area contributed by atoms with Crippen LogP contribution in [0.3, 0.4) is 0 Å². The molecule has 1 aromatic carbocycles. The quantitative estimate of drug-likeness (QED) is 0.934. The molecule has 2 heterocycles. The van der Waals surface area contributed by atoms with Gasteiger partial charge in [0.05, 0.1) is 12.6 Å². The summed E-state index contributed by atoms with van der Waals surface area (Å²) >= 11 is 0. The van der Waals surface area contributed by atoms with Gasteiger partial charge in [-0.3, -0.25) is 4.79 Å². The number of nitrogens with zero attached hydrogens (tertiary/aromatic N) is 3. The summed E-state index contributed by atoms with van der Waals surface area (Å²) in [6.07, 6.45) is 4.86. The van der Waals surface area contributed by atoms with E-state index in [-0.39, 0.29) is 18.6 Å². The van der Waals surface area contributed by atoms with Gasteiger partial charge in [-0.15, -0.1) is 0 Å². The summed E-state index contributed by atoms with van der Waals surface area (Å²) in [7, 11) is 0. The molecule has 0 aliphatic carbocycles. The number of aromatic nitrogens is 2. The number of likely N-dealkylation sites (tertiary alicyclic amines) is 1. The Kier molecular flexibility index (Phi) is 3.70. The minimum Gasteiger partial charge on any atom is -0.394 e. The molecule has 3 rings (SSSR count). The lowest BCUT2D eigenvalue weighted by molar-refractivity contribution is 0.0677. The molecule has 5 nitrogen and oxygen atoms in total. The number of aliphatic hydroxyl groups is 1. The standard InChI is InChI=1S/C15H16FN3O2/c16-13-9-11(4-5-14(13)19-8-2-6-17-19)15(21)18-7-1-3-12(18)10-20/h2,4-6,8-9,12,20H,1,3,7,10H2/t12-/m0/s1. The Morgan fingerprint density at radius 3 is 3.00 bits per heavy atom. The first-order valence-electron chi connectivity index (χ1n) is 6.92. The molecule has 2 aromatic rings. The third-order valence-electron chi connectivity index (χ3n) is 3.79. The summed E-state index contributed by atoms with van der Waals surface area (Å²) in [5, 5.41) is 13.2. The molecule has 0 spiro atoms. The zero-order valence-corrected chi connectivity index (χ0v) is 11.4. The van der Waals surface area contributed by atoms with E-state index < -0.39 is 5.82 Å². The highest BCUT2D eigenvalue weighted by Crippen LogP contribution is 2.21. The lowest BCUT2D eigenvalue weighted by Crippen LogP contribution is -2.37. The molecule has 21 heavy (non-hydrogen) atoms. The first kappa shape index (κ1) is 13.8. The molecule has 1 aliphatic heterocycles.